The number of aromatic nitrogens is 1. The third-order valence-electron chi connectivity index (χ3n) is 7.35. The van der Waals surface area contributed by atoms with Crippen molar-refractivity contribution >= 4 is 40.8 Å². The molecule has 0 spiro atoms. The van der Waals surface area contributed by atoms with E-state index in [0.29, 0.717) is 47.2 Å². The smallest absolute Gasteiger partial charge is 0.417 e. The number of halogens is 5. The Balaban J connectivity index is 1.38. The SMILES string of the molecule is CC[C@@H]1C[C@H](OC(=O)c2c(-c3c(Cl)cccc3Cl)noc2C2CC2)CCN1c1ccc(C(=O)O)c(C(F)(F)F)c1. The number of carboxylic acid groups (broad SMARTS) is 1. The Labute approximate surface area is 237 Å². The molecule has 40 heavy (non-hydrogen) atoms. The minimum atomic E-state index is -4.82. The molecule has 1 aliphatic heterocycles. The van der Waals surface area contributed by atoms with Gasteiger partial charge in [0.05, 0.1) is 21.2 Å². The van der Waals surface area contributed by atoms with Crippen LogP contribution < -0.4 is 4.90 Å². The standard InChI is InChI=1S/C28H25Cl2F3N2O5/c1-2-15-12-17(10-11-35(15)16-8-9-18(26(36)37)19(13-16)28(31,32)33)39-27(38)23-24(34-40-25(23)14-6-7-14)22-20(29)4-3-5-21(22)30/h3-5,8-9,13-15,17H,2,6-7,10-12H2,1H3,(H,36,37)/t15-,17-/m1/s1. The van der Waals surface area contributed by atoms with Crippen molar-refractivity contribution in [2.24, 2.45) is 0 Å². The second-order valence-electron chi connectivity index (χ2n) is 9.98. The number of rotatable bonds is 7. The molecule has 2 fully saturated rings. The maximum absolute atomic E-state index is 13.6. The highest BCUT2D eigenvalue weighted by Gasteiger charge is 2.40. The van der Waals surface area contributed by atoms with Crippen LogP contribution in [0.4, 0.5) is 18.9 Å². The molecule has 7 nitrogen and oxygen atoms in total. The van der Waals surface area contributed by atoms with E-state index in [4.69, 9.17) is 32.5 Å². The Morgan fingerprint density at radius 1 is 1.15 bits per heavy atom. The van der Waals surface area contributed by atoms with E-state index < -0.39 is 35.3 Å². The monoisotopic (exact) mass is 596 g/mol. The van der Waals surface area contributed by atoms with E-state index in [9.17, 15) is 27.9 Å². The van der Waals surface area contributed by atoms with Gasteiger partial charge in [-0.15, -0.1) is 0 Å². The summed E-state index contributed by atoms with van der Waals surface area (Å²) in [6.45, 7) is 2.20. The normalized spacial score (nSPS) is 19.5. The lowest BCUT2D eigenvalue weighted by atomic mass is 9.95. The van der Waals surface area contributed by atoms with E-state index in [1.807, 2.05) is 6.92 Å². The van der Waals surface area contributed by atoms with Gasteiger partial charge in [-0.05, 0) is 49.6 Å². The molecule has 1 N–H and O–H groups in total. The van der Waals surface area contributed by atoms with Crippen molar-refractivity contribution in [2.75, 3.05) is 11.4 Å². The molecule has 1 saturated carbocycles. The number of carbonyl (C=O) groups is 2. The molecule has 2 aliphatic rings. The molecule has 0 radical (unpaired) electrons. The summed E-state index contributed by atoms with van der Waals surface area (Å²) in [5.74, 6) is -1.79. The number of aromatic carboxylic acids is 1. The van der Waals surface area contributed by atoms with Crippen molar-refractivity contribution in [2.45, 2.75) is 63.3 Å². The minimum absolute atomic E-state index is 0.0481. The number of hydrogen-bond donors (Lipinski definition) is 1. The summed E-state index contributed by atoms with van der Waals surface area (Å²) >= 11 is 12.8. The van der Waals surface area contributed by atoms with Crippen LogP contribution in [0.2, 0.25) is 10.0 Å². The molecule has 0 unspecified atom stereocenters. The van der Waals surface area contributed by atoms with Crippen LogP contribution in [0.3, 0.4) is 0 Å². The summed E-state index contributed by atoms with van der Waals surface area (Å²) in [6, 6.07) is 7.94. The average molecular weight is 597 g/mol. The van der Waals surface area contributed by atoms with Gasteiger partial charge in [0.2, 0.25) is 0 Å². The van der Waals surface area contributed by atoms with Crippen LogP contribution in [-0.2, 0) is 10.9 Å². The first-order chi connectivity index (χ1) is 19.0. The first-order valence-electron chi connectivity index (χ1n) is 12.9. The van der Waals surface area contributed by atoms with Crippen molar-refractivity contribution < 1.29 is 37.1 Å². The molecule has 2 atom stereocenters. The van der Waals surface area contributed by atoms with E-state index in [1.54, 1.807) is 23.1 Å². The molecule has 212 valence electrons. The number of benzene rings is 2. The summed E-state index contributed by atoms with van der Waals surface area (Å²) in [7, 11) is 0. The van der Waals surface area contributed by atoms with Crippen LogP contribution in [0.25, 0.3) is 11.3 Å². The Bertz CT molecular complexity index is 1430. The Morgan fingerprint density at radius 3 is 2.45 bits per heavy atom. The number of alkyl halides is 3. The third kappa shape index (κ3) is 5.51. The Kier molecular flexibility index (Phi) is 7.76. The van der Waals surface area contributed by atoms with Gasteiger partial charge in [-0.1, -0.05) is 41.3 Å². The lowest BCUT2D eigenvalue weighted by molar-refractivity contribution is -0.138. The zero-order valence-corrected chi connectivity index (χ0v) is 22.8. The van der Waals surface area contributed by atoms with Gasteiger partial charge >= 0.3 is 18.1 Å². The number of nitrogens with zero attached hydrogens (tertiary/aromatic N) is 2. The maximum Gasteiger partial charge on any atom is 0.417 e. The molecule has 2 heterocycles. The second-order valence-corrected chi connectivity index (χ2v) is 10.8. The zero-order valence-electron chi connectivity index (χ0n) is 21.3. The highest BCUT2D eigenvalue weighted by atomic mass is 35.5. The maximum atomic E-state index is 13.6. The summed E-state index contributed by atoms with van der Waals surface area (Å²) in [6.07, 6.45) is -2.33. The van der Waals surface area contributed by atoms with Gasteiger partial charge in [-0.3, -0.25) is 0 Å². The number of esters is 1. The van der Waals surface area contributed by atoms with E-state index in [1.165, 1.54) is 6.07 Å². The van der Waals surface area contributed by atoms with Gasteiger partial charge < -0.3 is 19.3 Å². The van der Waals surface area contributed by atoms with Gasteiger partial charge in [-0.2, -0.15) is 13.2 Å². The van der Waals surface area contributed by atoms with Gasteiger partial charge in [-0.25, -0.2) is 9.59 Å². The van der Waals surface area contributed by atoms with Crippen molar-refractivity contribution in [3.8, 4) is 11.3 Å². The first-order valence-corrected chi connectivity index (χ1v) is 13.6. The number of piperidine rings is 1. The van der Waals surface area contributed by atoms with Crippen LogP contribution in [-0.4, -0.2) is 40.9 Å². The van der Waals surface area contributed by atoms with Gasteiger partial charge in [0.1, 0.15) is 17.4 Å². The second kappa shape index (κ2) is 11.0. The molecule has 5 rings (SSSR count). The number of carbonyl (C=O) groups excluding carboxylic acids is 1. The van der Waals surface area contributed by atoms with E-state index in [2.05, 4.69) is 5.16 Å². The predicted octanol–water partition coefficient (Wildman–Crippen LogP) is 7.85. The largest absolute Gasteiger partial charge is 0.478 e. The van der Waals surface area contributed by atoms with Crippen molar-refractivity contribution in [1.29, 1.82) is 0 Å². The lowest BCUT2D eigenvalue weighted by Crippen LogP contribution is -2.45. The molecule has 1 aliphatic carbocycles. The fraction of sp³-hybridized carbons (Fsp3) is 0.393. The van der Waals surface area contributed by atoms with Gasteiger partial charge in [0.25, 0.3) is 0 Å². The zero-order chi connectivity index (χ0) is 28.8. The quantitative estimate of drug-likeness (QED) is 0.277. The van der Waals surface area contributed by atoms with Crippen LogP contribution in [0, 0.1) is 0 Å². The number of carboxylic acids is 1. The van der Waals surface area contributed by atoms with E-state index >= 15 is 0 Å². The summed E-state index contributed by atoms with van der Waals surface area (Å²) in [4.78, 5) is 26.7. The van der Waals surface area contributed by atoms with Crippen molar-refractivity contribution in [3.63, 3.8) is 0 Å². The fourth-order valence-corrected chi connectivity index (χ4v) is 5.79. The van der Waals surface area contributed by atoms with E-state index in [0.717, 1.165) is 25.0 Å². The Hall–Kier alpha value is -3.24. The average Bonchev–Trinajstić information content (AvgIpc) is 3.66. The first kappa shape index (κ1) is 28.3. The van der Waals surface area contributed by atoms with Crippen LogP contribution in [0.5, 0.6) is 0 Å². The molecule has 1 saturated heterocycles. The molecular weight excluding hydrogens is 572 g/mol. The Morgan fingerprint density at radius 2 is 1.85 bits per heavy atom. The minimum Gasteiger partial charge on any atom is -0.478 e. The third-order valence-corrected chi connectivity index (χ3v) is 7.98. The molecule has 0 amide bonds. The molecule has 2 aromatic carbocycles. The molecule has 3 aromatic rings. The van der Waals surface area contributed by atoms with Crippen LogP contribution in [0.1, 0.15) is 77.0 Å². The summed E-state index contributed by atoms with van der Waals surface area (Å²) < 4.78 is 52.3. The highest BCUT2D eigenvalue weighted by Crippen LogP contribution is 2.46. The van der Waals surface area contributed by atoms with Crippen LogP contribution >= 0.6 is 23.2 Å². The van der Waals surface area contributed by atoms with Crippen molar-refractivity contribution in [1.82, 2.24) is 5.16 Å². The summed E-state index contributed by atoms with van der Waals surface area (Å²) in [5, 5.41) is 14.0. The number of hydrogen-bond acceptors (Lipinski definition) is 6. The topological polar surface area (TPSA) is 92.9 Å². The molecule has 0 bridgehead atoms. The van der Waals surface area contributed by atoms with Crippen LogP contribution in [0.15, 0.2) is 40.9 Å². The number of anilines is 1. The molecule has 12 heteroatoms. The predicted molar refractivity (Wildman–Crippen MR) is 142 cm³/mol. The lowest BCUT2D eigenvalue weighted by Gasteiger charge is -2.40. The fourth-order valence-electron chi connectivity index (χ4n) is 5.21. The summed E-state index contributed by atoms with van der Waals surface area (Å²) in [5.41, 5.74) is -0.966. The molecular formula is C28H25Cl2F3N2O5. The highest BCUT2D eigenvalue weighted by molar-refractivity contribution is 6.39. The van der Waals surface area contributed by atoms with E-state index in [-0.39, 0.29) is 28.9 Å². The van der Waals surface area contributed by atoms with Gasteiger partial charge in [0.15, 0.2) is 5.76 Å². The van der Waals surface area contributed by atoms with Gasteiger partial charge in [0, 0.05) is 42.6 Å². The van der Waals surface area contributed by atoms with Crippen molar-refractivity contribution in [3.05, 3.63) is 68.9 Å². The molecule has 1 aromatic heterocycles. The number of ether oxygens (including phenoxy) is 1.